The molecular weight excluding hydrogens is 294 g/mol. The summed E-state index contributed by atoms with van der Waals surface area (Å²) < 4.78 is 7.03. The fourth-order valence-electron chi connectivity index (χ4n) is 2.94. The van der Waals surface area contributed by atoms with Crippen LogP contribution in [0.15, 0.2) is 16.7 Å². The quantitative estimate of drug-likeness (QED) is 0.849. The van der Waals surface area contributed by atoms with Crippen molar-refractivity contribution in [1.29, 1.82) is 0 Å². The molecular formula is C16H23N5O2. The molecule has 3 heterocycles. The first-order chi connectivity index (χ1) is 11.0. The van der Waals surface area contributed by atoms with Gasteiger partial charge in [-0.2, -0.15) is 5.10 Å². The third-order valence-electron chi connectivity index (χ3n) is 4.24. The summed E-state index contributed by atoms with van der Waals surface area (Å²) in [5.41, 5.74) is 2.65. The Hall–Kier alpha value is -2.15. The molecule has 3 rings (SSSR count). The van der Waals surface area contributed by atoms with E-state index in [-0.39, 0.29) is 5.91 Å². The van der Waals surface area contributed by atoms with Gasteiger partial charge in [-0.1, -0.05) is 5.16 Å². The second-order valence-corrected chi connectivity index (χ2v) is 6.11. The van der Waals surface area contributed by atoms with E-state index in [0.717, 1.165) is 45.0 Å². The van der Waals surface area contributed by atoms with E-state index in [1.54, 1.807) is 13.0 Å². The Kier molecular flexibility index (Phi) is 4.47. The molecule has 1 aliphatic rings. The van der Waals surface area contributed by atoms with Crippen molar-refractivity contribution < 1.29 is 9.32 Å². The Morgan fingerprint density at radius 2 is 1.87 bits per heavy atom. The van der Waals surface area contributed by atoms with Crippen LogP contribution in [-0.2, 0) is 6.54 Å². The van der Waals surface area contributed by atoms with Crippen molar-refractivity contribution in [2.24, 2.45) is 0 Å². The van der Waals surface area contributed by atoms with E-state index in [4.69, 9.17) is 4.52 Å². The molecule has 2 aromatic rings. The SMILES string of the molecule is Cc1cc(C)n(CCN2CCN(C(=O)c3cc(C)on3)CC2)n1. The zero-order valence-corrected chi connectivity index (χ0v) is 13.9. The molecule has 0 radical (unpaired) electrons. The number of aryl methyl sites for hydroxylation is 3. The molecule has 1 saturated heterocycles. The number of amides is 1. The number of hydrogen-bond donors (Lipinski definition) is 0. The number of carbonyl (C=O) groups excluding carboxylic acids is 1. The van der Waals surface area contributed by atoms with Gasteiger partial charge in [-0.05, 0) is 26.8 Å². The Morgan fingerprint density at radius 3 is 2.43 bits per heavy atom. The molecule has 0 spiro atoms. The third-order valence-corrected chi connectivity index (χ3v) is 4.24. The largest absolute Gasteiger partial charge is 0.361 e. The summed E-state index contributed by atoms with van der Waals surface area (Å²) >= 11 is 0. The molecule has 1 fully saturated rings. The molecule has 7 nitrogen and oxygen atoms in total. The van der Waals surface area contributed by atoms with E-state index in [1.165, 1.54) is 5.69 Å². The number of hydrogen-bond acceptors (Lipinski definition) is 5. The van der Waals surface area contributed by atoms with Crippen LogP contribution in [0.1, 0.15) is 27.6 Å². The van der Waals surface area contributed by atoms with Gasteiger partial charge in [0, 0.05) is 44.5 Å². The number of carbonyl (C=O) groups is 1. The van der Waals surface area contributed by atoms with Gasteiger partial charge in [0.15, 0.2) is 5.69 Å². The standard InChI is InChI=1S/C16H23N5O2/c1-12-10-13(2)21(17-12)9-6-19-4-7-20(8-5-19)16(22)15-11-14(3)23-18-15/h10-11H,4-9H2,1-3H3. The molecule has 124 valence electrons. The van der Waals surface area contributed by atoms with Gasteiger partial charge in [0.2, 0.25) is 0 Å². The number of aromatic nitrogens is 3. The van der Waals surface area contributed by atoms with Gasteiger partial charge in [0.25, 0.3) is 5.91 Å². The summed E-state index contributed by atoms with van der Waals surface area (Å²) in [5.74, 6) is 0.622. The first-order valence-corrected chi connectivity index (χ1v) is 7.99. The molecule has 0 unspecified atom stereocenters. The van der Waals surface area contributed by atoms with Crippen molar-refractivity contribution in [1.82, 2.24) is 24.7 Å². The van der Waals surface area contributed by atoms with Crippen molar-refractivity contribution in [3.8, 4) is 0 Å². The second-order valence-electron chi connectivity index (χ2n) is 6.11. The highest BCUT2D eigenvalue weighted by molar-refractivity contribution is 5.92. The van der Waals surface area contributed by atoms with Gasteiger partial charge in [0.05, 0.1) is 12.2 Å². The van der Waals surface area contributed by atoms with Crippen molar-refractivity contribution in [3.63, 3.8) is 0 Å². The van der Waals surface area contributed by atoms with Gasteiger partial charge in [-0.25, -0.2) is 0 Å². The summed E-state index contributed by atoms with van der Waals surface area (Å²) in [6.07, 6.45) is 0. The van der Waals surface area contributed by atoms with Crippen LogP contribution >= 0.6 is 0 Å². The molecule has 0 saturated carbocycles. The summed E-state index contributed by atoms with van der Waals surface area (Å²) in [5, 5.41) is 8.29. The van der Waals surface area contributed by atoms with Crippen LogP contribution < -0.4 is 0 Å². The van der Waals surface area contributed by atoms with Gasteiger partial charge in [0.1, 0.15) is 5.76 Å². The lowest BCUT2D eigenvalue weighted by Gasteiger charge is -2.34. The first-order valence-electron chi connectivity index (χ1n) is 7.99. The summed E-state index contributed by atoms with van der Waals surface area (Å²) in [7, 11) is 0. The monoisotopic (exact) mass is 317 g/mol. The van der Waals surface area contributed by atoms with Crippen LogP contribution in [0.5, 0.6) is 0 Å². The number of nitrogens with zero attached hydrogens (tertiary/aromatic N) is 5. The highest BCUT2D eigenvalue weighted by Crippen LogP contribution is 2.10. The van der Waals surface area contributed by atoms with Gasteiger partial charge >= 0.3 is 0 Å². The topological polar surface area (TPSA) is 67.4 Å². The van der Waals surface area contributed by atoms with Crippen LogP contribution in [0.25, 0.3) is 0 Å². The molecule has 0 N–H and O–H groups in total. The van der Waals surface area contributed by atoms with Crippen molar-refractivity contribution in [3.05, 3.63) is 35.0 Å². The zero-order chi connectivity index (χ0) is 16.4. The van der Waals surface area contributed by atoms with Crippen LogP contribution in [0.4, 0.5) is 0 Å². The van der Waals surface area contributed by atoms with Crippen LogP contribution in [-0.4, -0.2) is 63.4 Å². The minimum atomic E-state index is -0.0416. The van der Waals surface area contributed by atoms with E-state index in [1.807, 2.05) is 16.5 Å². The van der Waals surface area contributed by atoms with E-state index >= 15 is 0 Å². The minimum absolute atomic E-state index is 0.0416. The number of piperazine rings is 1. The van der Waals surface area contributed by atoms with E-state index in [0.29, 0.717) is 11.5 Å². The molecule has 0 bridgehead atoms. The van der Waals surface area contributed by atoms with Crippen molar-refractivity contribution >= 4 is 5.91 Å². The fraction of sp³-hybridized carbons (Fsp3) is 0.562. The van der Waals surface area contributed by atoms with Crippen molar-refractivity contribution in [2.45, 2.75) is 27.3 Å². The predicted octanol–water partition coefficient (Wildman–Crippen LogP) is 1.25. The maximum atomic E-state index is 12.3. The smallest absolute Gasteiger partial charge is 0.276 e. The van der Waals surface area contributed by atoms with E-state index in [9.17, 15) is 4.79 Å². The van der Waals surface area contributed by atoms with Crippen molar-refractivity contribution in [2.75, 3.05) is 32.7 Å². The molecule has 7 heteroatoms. The van der Waals surface area contributed by atoms with Gasteiger partial charge in [-0.15, -0.1) is 0 Å². The Bertz CT molecular complexity index is 682. The summed E-state index contributed by atoms with van der Waals surface area (Å²) in [4.78, 5) is 16.5. The molecule has 2 aromatic heterocycles. The normalized spacial score (nSPS) is 16.0. The maximum Gasteiger partial charge on any atom is 0.276 e. The third kappa shape index (κ3) is 3.61. The van der Waals surface area contributed by atoms with E-state index < -0.39 is 0 Å². The maximum absolute atomic E-state index is 12.3. The lowest BCUT2D eigenvalue weighted by molar-refractivity contribution is 0.0621. The Morgan fingerprint density at radius 1 is 1.13 bits per heavy atom. The average molecular weight is 317 g/mol. The molecule has 23 heavy (non-hydrogen) atoms. The molecule has 0 atom stereocenters. The molecule has 0 aromatic carbocycles. The lowest BCUT2D eigenvalue weighted by atomic mass is 10.2. The summed E-state index contributed by atoms with van der Waals surface area (Å²) in [6.45, 7) is 10.9. The molecule has 0 aliphatic carbocycles. The fourth-order valence-corrected chi connectivity index (χ4v) is 2.94. The molecule has 1 amide bonds. The van der Waals surface area contributed by atoms with Crippen LogP contribution in [0, 0.1) is 20.8 Å². The zero-order valence-electron chi connectivity index (χ0n) is 13.9. The number of rotatable bonds is 4. The highest BCUT2D eigenvalue weighted by Gasteiger charge is 2.24. The predicted molar refractivity (Wildman–Crippen MR) is 85.3 cm³/mol. The van der Waals surface area contributed by atoms with Gasteiger partial charge in [-0.3, -0.25) is 14.4 Å². The minimum Gasteiger partial charge on any atom is -0.361 e. The van der Waals surface area contributed by atoms with Crippen LogP contribution in [0.2, 0.25) is 0 Å². The van der Waals surface area contributed by atoms with Gasteiger partial charge < -0.3 is 9.42 Å². The summed E-state index contributed by atoms with van der Waals surface area (Å²) in [6, 6.07) is 3.79. The highest BCUT2D eigenvalue weighted by atomic mass is 16.5. The average Bonchev–Trinajstić information content (AvgIpc) is 3.10. The molecule has 1 aliphatic heterocycles. The Labute approximate surface area is 135 Å². The van der Waals surface area contributed by atoms with E-state index in [2.05, 4.69) is 28.1 Å². The lowest BCUT2D eigenvalue weighted by Crippen LogP contribution is -2.49. The Balaban J connectivity index is 1.48. The van der Waals surface area contributed by atoms with Crippen LogP contribution in [0.3, 0.4) is 0 Å². The first kappa shape index (κ1) is 15.7. The second kappa shape index (κ2) is 6.54.